The molecule has 0 bridgehead atoms. The summed E-state index contributed by atoms with van der Waals surface area (Å²) >= 11 is 1.18. The van der Waals surface area contributed by atoms with Crippen molar-refractivity contribution in [3.05, 3.63) is 58.9 Å². The van der Waals surface area contributed by atoms with Crippen molar-refractivity contribution in [3.63, 3.8) is 0 Å². The number of amides is 1. The van der Waals surface area contributed by atoms with Crippen LogP contribution in [0.5, 0.6) is 0 Å². The maximum Gasteiger partial charge on any atom is 0.262 e. The average molecular weight is 475 g/mol. The predicted molar refractivity (Wildman–Crippen MR) is 128 cm³/mol. The minimum absolute atomic E-state index is 0.0598. The lowest BCUT2D eigenvalue weighted by atomic mass is 10.2. The summed E-state index contributed by atoms with van der Waals surface area (Å²) in [5, 5.41) is 3.78. The van der Waals surface area contributed by atoms with Crippen molar-refractivity contribution in [2.45, 2.75) is 37.4 Å². The molecule has 1 amide bonds. The Labute approximate surface area is 191 Å². The summed E-state index contributed by atoms with van der Waals surface area (Å²) in [5.74, 6) is -0.219. The van der Waals surface area contributed by atoms with Gasteiger partial charge in [-0.3, -0.25) is 14.2 Å². The molecule has 0 atom stereocenters. The zero-order valence-electron chi connectivity index (χ0n) is 18.2. The summed E-state index contributed by atoms with van der Waals surface area (Å²) in [5.41, 5.74) is 0.953. The molecule has 0 aliphatic rings. The van der Waals surface area contributed by atoms with Crippen LogP contribution in [0.4, 0.5) is 5.69 Å². The van der Waals surface area contributed by atoms with Gasteiger partial charge in [-0.15, -0.1) is 0 Å². The van der Waals surface area contributed by atoms with Crippen molar-refractivity contribution < 1.29 is 13.2 Å². The minimum Gasteiger partial charge on any atom is -0.325 e. The van der Waals surface area contributed by atoms with Gasteiger partial charge in [0, 0.05) is 25.3 Å². The molecule has 0 aliphatic carbocycles. The summed E-state index contributed by atoms with van der Waals surface area (Å²) < 4.78 is 28.1. The fourth-order valence-corrected chi connectivity index (χ4v) is 5.61. The van der Waals surface area contributed by atoms with Crippen LogP contribution in [0.2, 0.25) is 0 Å². The maximum atomic E-state index is 12.7. The van der Waals surface area contributed by atoms with E-state index in [1.165, 1.54) is 28.2 Å². The fourth-order valence-electron chi connectivity index (χ4n) is 3.29. The van der Waals surface area contributed by atoms with Crippen LogP contribution in [0, 0.1) is 0 Å². The third kappa shape index (κ3) is 5.03. The number of carbonyl (C=O) groups excluding carboxylic acids is 1. The highest BCUT2D eigenvalue weighted by atomic mass is 32.2. The second kappa shape index (κ2) is 10.3. The number of aromatic nitrogens is 2. The molecular weight excluding hydrogens is 448 g/mol. The van der Waals surface area contributed by atoms with E-state index in [1.807, 2.05) is 13.0 Å². The molecule has 0 spiro atoms. The van der Waals surface area contributed by atoms with Gasteiger partial charge in [0.15, 0.2) is 5.16 Å². The molecule has 0 aliphatic heterocycles. The molecule has 170 valence electrons. The molecule has 8 nitrogen and oxygen atoms in total. The number of nitrogens with one attached hydrogen (secondary N) is 1. The van der Waals surface area contributed by atoms with Crippen molar-refractivity contribution in [3.8, 4) is 0 Å². The number of thioether (sulfide) groups is 1. The molecule has 1 N–H and O–H groups in total. The molecule has 1 aromatic heterocycles. The predicted octanol–water partition coefficient (Wildman–Crippen LogP) is 3.18. The third-order valence-electron chi connectivity index (χ3n) is 4.96. The van der Waals surface area contributed by atoms with Gasteiger partial charge in [-0.25, -0.2) is 13.4 Å². The van der Waals surface area contributed by atoms with E-state index < -0.39 is 10.0 Å². The second-order valence-electron chi connectivity index (χ2n) is 6.91. The first-order chi connectivity index (χ1) is 15.3. The molecule has 3 aromatic rings. The van der Waals surface area contributed by atoms with Gasteiger partial charge in [-0.1, -0.05) is 37.7 Å². The van der Waals surface area contributed by atoms with Crippen molar-refractivity contribution in [2.24, 2.45) is 0 Å². The fraction of sp³-hybridized carbons (Fsp3) is 0.318. The average Bonchev–Trinajstić information content (AvgIpc) is 2.79. The van der Waals surface area contributed by atoms with Crippen LogP contribution < -0.4 is 10.9 Å². The molecule has 1 heterocycles. The monoisotopic (exact) mass is 474 g/mol. The standard InChI is InChI=1S/C22H26N4O4S2/c1-4-25(5-2)32(29,30)17-13-11-16(12-14-17)23-20(27)15-31-22-24-19-10-8-7-9-18(19)21(28)26(22)6-3/h7-14H,4-6,15H2,1-3H3,(H,23,27). The van der Waals surface area contributed by atoms with Crippen LogP contribution in [-0.4, -0.2) is 47.0 Å². The number of para-hydroxylation sites is 1. The highest BCUT2D eigenvalue weighted by molar-refractivity contribution is 7.99. The molecule has 2 aromatic carbocycles. The van der Waals surface area contributed by atoms with Crippen LogP contribution >= 0.6 is 11.8 Å². The summed E-state index contributed by atoms with van der Waals surface area (Å²) in [6.45, 7) is 6.66. The van der Waals surface area contributed by atoms with E-state index in [0.29, 0.717) is 41.4 Å². The Morgan fingerprint density at radius 3 is 2.34 bits per heavy atom. The van der Waals surface area contributed by atoms with E-state index in [1.54, 1.807) is 48.7 Å². The maximum absolute atomic E-state index is 12.7. The Kier molecular flexibility index (Phi) is 7.70. The smallest absolute Gasteiger partial charge is 0.262 e. The number of anilines is 1. The highest BCUT2D eigenvalue weighted by Crippen LogP contribution is 2.20. The second-order valence-corrected chi connectivity index (χ2v) is 9.79. The number of sulfonamides is 1. The number of hydrogen-bond donors (Lipinski definition) is 1. The lowest BCUT2D eigenvalue weighted by Crippen LogP contribution is -2.30. The molecule has 10 heteroatoms. The van der Waals surface area contributed by atoms with Crippen LogP contribution in [-0.2, 0) is 21.4 Å². The molecule has 0 radical (unpaired) electrons. The van der Waals surface area contributed by atoms with Gasteiger partial charge in [0.2, 0.25) is 15.9 Å². The first-order valence-corrected chi connectivity index (χ1v) is 12.8. The van der Waals surface area contributed by atoms with E-state index >= 15 is 0 Å². The number of carbonyl (C=O) groups is 1. The molecule has 0 saturated heterocycles. The van der Waals surface area contributed by atoms with E-state index in [2.05, 4.69) is 10.3 Å². The van der Waals surface area contributed by atoms with Gasteiger partial charge in [-0.2, -0.15) is 4.31 Å². The van der Waals surface area contributed by atoms with Crippen LogP contribution in [0.15, 0.2) is 63.4 Å². The molecular formula is C22H26N4O4S2. The van der Waals surface area contributed by atoms with E-state index in [-0.39, 0.29) is 22.1 Å². The van der Waals surface area contributed by atoms with Gasteiger partial charge < -0.3 is 5.32 Å². The molecule has 0 unspecified atom stereocenters. The van der Waals surface area contributed by atoms with Crippen molar-refractivity contribution >= 4 is 44.3 Å². The van der Waals surface area contributed by atoms with E-state index in [4.69, 9.17) is 0 Å². The third-order valence-corrected chi connectivity index (χ3v) is 8.00. The summed E-state index contributed by atoms with van der Waals surface area (Å²) in [6, 6.07) is 13.2. The Balaban J connectivity index is 1.70. The normalized spacial score (nSPS) is 11.8. The van der Waals surface area contributed by atoms with Gasteiger partial charge >= 0.3 is 0 Å². The summed E-state index contributed by atoms with van der Waals surface area (Å²) in [6.07, 6.45) is 0. The van der Waals surface area contributed by atoms with Gasteiger partial charge in [0.05, 0.1) is 21.6 Å². The Morgan fingerprint density at radius 1 is 1.06 bits per heavy atom. The Morgan fingerprint density at radius 2 is 1.72 bits per heavy atom. The Bertz CT molecular complexity index is 1270. The first kappa shape index (κ1) is 24.0. The first-order valence-electron chi connectivity index (χ1n) is 10.3. The lowest BCUT2D eigenvalue weighted by Gasteiger charge is -2.18. The summed E-state index contributed by atoms with van der Waals surface area (Å²) in [7, 11) is -3.55. The van der Waals surface area contributed by atoms with Crippen molar-refractivity contribution in [2.75, 3.05) is 24.2 Å². The van der Waals surface area contributed by atoms with Crippen molar-refractivity contribution in [1.29, 1.82) is 0 Å². The quantitative estimate of drug-likeness (QED) is 0.378. The molecule has 0 saturated carbocycles. The van der Waals surface area contributed by atoms with E-state index in [9.17, 15) is 18.0 Å². The van der Waals surface area contributed by atoms with Crippen LogP contribution in [0.25, 0.3) is 10.9 Å². The molecule has 3 rings (SSSR count). The number of fused-ring (bicyclic) bond motifs is 1. The SMILES string of the molecule is CCN(CC)S(=O)(=O)c1ccc(NC(=O)CSc2nc3ccccc3c(=O)n2CC)cc1. The van der Waals surface area contributed by atoms with Gasteiger partial charge in [-0.05, 0) is 43.3 Å². The molecule has 32 heavy (non-hydrogen) atoms. The van der Waals surface area contributed by atoms with Crippen molar-refractivity contribution in [1.82, 2.24) is 13.9 Å². The zero-order valence-corrected chi connectivity index (χ0v) is 19.9. The highest BCUT2D eigenvalue weighted by Gasteiger charge is 2.21. The number of rotatable bonds is 9. The number of hydrogen-bond acceptors (Lipinski definition) is 6. The largest absolute Gasteiger partial charge is 0.325 e. The lowest BCUT2D eigenvalue weighted by molar-refractivity contribution is -0.113. The number of nitrogens with zero attached hydrogens (tertiary/aromatic N) is 3. The van der Waals surface area contributed by atoms with Gasteiger partial charge in [0.1, 0.15) is 0 Å². The Hall–Kier alpha value is -2.69. The topological polar surface area (TPSA) is 101 Å². The summed E-state index contributed by atoms with van der Waals surface area (Å²) in [4.78, 5) is 29.8. The zero-order chi connectivity index (χ0) is 23.3. The van der Waals surface area contributed by atoms with Crippen LogP contribution in [0.1, 0.15) is 20.8 Å². The minimum atomic E-state index is -3.55. The number of benzene rings is 2. The van der Waals surface area contributed by atoms with Gasteiger partial charge in [0.25, 0.3) is 5.56 Å². The van der Waals surface area contributed by atoms with Crippen LogP contribution in [0.3, 0.4) is 0 Å². The van der Waals surface area contributed by atoms with E-state index in [0.717, 1.165) is 0 Å². The molecule has 0 fully saturated rings.